The molecule has 0 atom stereocenters. The number of rotatable bonds is 6. The largest absolute Gasteiger partial charge is 0.459 e. The molecule has 0 saturated heterocycles. The molecule has 0 aliphatic rings. The van der Waals surface area contributed by atoms with E-state index in [1.807, 2.05) is 26.0 Å². The Morgan fingerprint density at radius 2 is 2.08 bits per heavy atom. The summed E-state index contributed by atoms with van der Waals surface area (Å²) in [6.45, 7) is 4.53. The molecule has 8 heteroatoms. The van der Waals surface area contributed by atoms with E-state index in [9.17, 15) is 4.79 Å². The van der Waals surface area contributed by atoms with Gasteiger partial charge in [0.2, 0.25) is 0 Å². The monoisotopic (exact) mass is 483 g/mol. The zero-order valence-corrected chi connectivity index (χ0v) is 17.6. The van der Waals surface area contributed by atoms with Crippen LogP contribution < -0.4 is 5.32 Å². The van der Waals surface area contributed by atoms with E-state index in [1.165, 1.54) is 21.2 Å². The van der Waals surface area contributed by atoms with Gasteiger partial charge in [0.25, 0.3) is 0 Å². The number of carbonyl (C=O) groups excluding carboxylic acids is 1. The zero-order chi connectivity index (χ0) is 18.7. The maximum absolute atomic E-state index is 12.3. The second kappa shape index (κ2) is 8.28. The summed E-state index contributed by atoms with van der Waals surface area (Å²) in [7, 11) is 1.57. The smallest absolute Gasteiger partial charge is 0.348 e. The summed E-state index contributed by atoms with van der Waals surface area (Å²) in [5.41, 5.74) is 2.91. The standard InChI is InChI=1S/C18H18IN3O3S/c1-10-8-12(19)4-5-13(10)22-16-14-11(2)15(18(23)25-7-6-24-3)26-17(14)21-9-20-16/h4-5,8-9H,6-7H2,1-3H3,(H,20,21,22). The fourth-order valence-electron chi connectivity index (χ4n) is 2.54. The normalized spacial score (nSPS) is 10.9. The maximum Gasteiger partial charge on any atom is 0.348 e. The summed E-state index contributed by atoms with van der Waals surface area (Å²) in [6, 6.07) is 6.15. The molecule has 0 fully saturated rings. The van der Waals surface area contributed by atoms with Crippen LogP contribution >= 0.6 is 33.9 Å². The summed E-state index contributed by atoms with van der Waals surface area (Å²) < 4.78 is 11.3. The lowest BCUT2D eigenvalue weighted by Gasteiger charge is -2.10. The van der Waals surface area contributed by atoms with Gasteiger partial charge in [0, 0.05) is 16.4 Å². The van der Waals surface area contributed by atoms with Crippen molar-refractivity contribution in [2.24, 2.45) is 0 Å². The molecule has 6 nitrogen and oxygen atoms in total. The average molecular weight is 483 g/mol. The minimum atomic E-state index is -0.362. The van der Waals surface area contributed by atoms with Crippen molar-refractivity contribution in [3.05, 3.63) is 44.1 Å². The molecular weight excluding hydrogens is 465 g/mol. The molecule has 1 N–H and O–H groups in total. The number of nitrogens with zero attached hydrogens (tertiary/aromatic N) is 2. The van der Waals surface area contributed by atoms with Crippen LogP contribution in [0.15, 0.2) is 24.5 Å². The number of carbonyl (C=O) groups is 1. The molecule has 0 amide bonds. The number of ether oxygens (including phenoxy) is 2. The number of anilines is 2. The molecule has 3 aromatic rings. The van der Waals surface area contributed by atoms with Crippen molar-refractivity contribution < 1.29 is 14.3 Å². The van der Waals surface area contributed by atoms with Gasteiger partial charge in [0.05, 0.1) is 12.0 Å². The van der Waals surface area contributed by atoms with Gasteiger partial charge in [0.15, 0.2) is 0 Å². The van der Waals surface area contributed by atoms with Crippen LogP contribution in [0.2, 0.25) is 0 Å². The highest BCUT2D eigenvalue weighted by Gasteiger charge is 2.20. The van der Waals surface area contributed by atoms with E-state index in [0.29, 0.717) is 17.3 Å². The van der Waals surface area contributed by atoms with E-state index in [2.05, 4.69) is 43.9 Å². The number of aromatic nitrogens is 2. The Morgan fingerprint density at radius 3 is 2.81 bits per heavy atom. The topological polar surface area (TPSA) is 73.3 Å². The molecular formula is C18H18IN3O3S. The van der Waals surface area contributed by atoms with Crippen LogP contribution in [-0.4, -0.2) is 36.3 Å². The van der Waals surface area contributed by atoms with Gasteiger partial charge in [-0.1, -0.05) is 0 Å². The molecule has 2 aromatic heterocycles. The lowest BCUT2D eigenvalue weighted by Crippen LogP contribution is -2.09. The predicted octanol–water partition coefficient (Wildman–Crippen LogP) is 4.46. The number of hydrogen-bond donors (Lipinski definition) is 1. The van der Waals surface area contributed by atoms with Crippen molar-refractivity contribution in [1.82, 2.24) is 9.97 Å². The average Bonchev–Trinajstić information content (AvgIpc) is 2.95. The fourth-order valence-corrected chi connectivity index (χ4v) is 4.23. The summed E-state index contributed by atoms with van der Waals surface area (Å²) in [6.07, 6.45) is 1.50. The SMILES string of the molecule is COCCOC(=O)c1sc2ncnc(Nc3ccc(I)cc3C)c2c1C. The van der Waals surface area contributed by atoms with Gasteiger partial charge >= 0.3 is 5.97 Å². The summed E-state index contributed by atoms with van der Waals surface area (Å²) in [4.78, 5) is 22.3. The Bertz CT molecular complexity index is 958. The Kier molecular flexibility index (Phi) is 6.05. The molecule has 0 bridgehead atoms. The lowest BCUT2D eigenvalue weighted by molar-refractivity contribution is 0.0393. The second-order valence-electron chi connectivity index (χ2n) is 5.67. The fraction of sp³-hybridized carbons (Fsp3) is 0.278. The van der Waals surface area contributed by atoms with Crippen molar-refractivity contribution in [2.45, 2.75) is 13.8 Å². The van der Waals surface area contributed by atoms with Crippen LogP contribution in [-0.2, 0) is 9.47 Å². The number of hydrogen-bond acceptors (Lipinski definition) is 7. The quantitative estimate of drug-likeness (QED) is 0.317. The van der Waals surface area contributed by atoms with Gasteiger partial charge in [-0.2, -0.15) is 0 Å². The summed E-state index contributed by atoms with van der Waals surface area (Å²) in [5.74, 6) is 0.322. The lowest BCUT2D eigenvalue weighted by atomic mass is 10.1. The van der Waals surface area contributed by atoms with Gasteiger partial charge in [-0.25, -0.2) is 14.8 Å². The van der Waals surface area contributed by atoms with Crippen molar-refractivity contribution in [3.8, 4) is 0 Å². The maximum atomic E-state index is 12.3. The van der Waals surface area contributed by atoms with Gasteiger partial charge in [-0.05, 0) is 65.8 Å². The number of halogens is 1. The number of esters is 1. The molecule has 26 heavy (non-hydrogen) atoms. The number of aryl methyl sites for hydroxylation is 2. The summed E-state index contributed by atoms with van der Waals surface area (Å²) >= 11 is 3.60. The zero-order valence-electron chi connectivity index (χ0n) is 14.6. The van der Waals surface area contributed by atoms with Gasteiger partial charge in [-0.3, -0.25) is 0 Å². The number of methoxy groups -OCH3 is 1. The van der Waals surface area contributed by atoms with Crippen molar-refractivity contribution in [2.75, 3.05) is 25.6 Å². The Morgan fingerprint density at radius 1 is 1.27 bits per heavy atom. The first-order valence-electron chi connectivity index (χ1n) is 7.94. The third kappa shape index (κ3) is 3.97. The molecule has 1 aromatic carbocycles. The third-order valence-corrected chi connectivity index (χ3v) is 5.73. The van der Waals surface area contributed by atoms with Crippen LogP contribution in [0.1, 0.15) is 20.8 Å². The molecule has 0 aliphatic heterocycles. The minimum absolute atomic E-state index is 0.224. The van der Waals surface area contributed by atoms with E-state index < -0.39 is 0 Å². The van der Waals surface area contributed by atoms with E-state index in [0.717, 1.165) is 27.0 Å². The molecule has 2 heterocycles. The number of nitrogens with one attached hydrogen (secondary N) is 1. The van der Waals surface area contributed by atoms with E-state index in [4.69, 9.17) is 9.47 Å². The van der Waals surface area contributed by atoms with E-state index >= 15 is 0 Å². The van der Waals surface area contributed by atoms with Crippen LogP contribution in [0.4, 0.5) is 11.5 Å². The Hall–Kier alpha value is -1.78. The first-order valence-corrected chi connectivity index (χ1v) is 9.84. The van der Waals surface area contributed by atoms with Crippen molar-refractivity contribution >= 4 is 61.6 Å². The second-order valence-corrected chi connectivity index (χ2v) is 7.92. The Labute approximate surface area is 169 Å². The van der Waals surface area contributed by atoms with Gasteiger partial charge in [-0.15, -0.1) is 11.3 Å². The predicted molar refractivity (Wildman–Crippen MR) is 111 cm³/mol. The first-order chi connectivity index (χ1) is 12.5. The van der Waals surface area contributed by atoms with Crippen molar-refractivity contribution in [1.29, 1.82) is 0 Å². The number of benzene rings is 1. The first kappa shape index (κ1) is 19.0. The van der Waals surface area contributed by atoms with Crippen LogP contribution in [0.5, 0.6) is 0 Å². The molecule has 3 rings (SSSR count). The summed E-state index contributed by atoms with van der Waals surface area (Å²) in [5, 5.41) is 4.21. The van der Waals surface area contributed by atoms with Gasteiger partial charge in [0.1, 0.15) is 28.5 Å². The molecule has 0 spiro atoms. The van der Waals surface area contributed by atoms with Crippen LogP contribution in [0.25, 0.3) is 10.2 Å². The molecule has 0 aliphatic carbocycles. The third-order valence-electron chi connectivity index (χ3n) is 3.87. The number of thiophene rings is 1. The molecule has 0 unspecified atom stereocenters. The van der Waals surface area contributed by atoms with Crippen LogP contribution in [0, 0.1) is 17.4 Å². The molecule has 136 valence electrons. The highest BCUT2D eigenvalue weighted by molar-refractivity contribution is 14.1. The van der Waals surface area contributed by atoms with E-state index in [-0.39, 0.29) is 12.6 Å². The minimum Gasteiger partial charge on any atom is -0.459 e. The highest BCUT2D eigenvalue weighted by atomic mass is 127. The molecule has 0 radical (unpaired) electrons. The van der Waals surface area contributed by atoms with E-state index in [1.54, 1.807) is 7.11 Å². The van der Waals surface area contributed by atoms with Crippen molar-refractivity contribution in [3.63, 3.8) is 0 Å². The molecule has 0 saturated carbocycles. The Balaban J connectivity index is 1.96. The number of fused-ring (bicyclic) bond motifs is 1. The van der Waals surface area contributed by atoms with Gasteiger partial charge < -0.3 is 14.8 Å². The highest BCUT2D eigenvalue weighted by Crippen LogP contribution is 2.35. The van der Waals surface area contributed by atoms with Crippen LogP contribution in [0.3, 0.4) is 0 Å².